The summed E-state index contributed by atoms with van der Waals surface area (Å²) in [6.45, 7) is 3.61. The van der Waals surface area contributed by atoms with Gasteiger partial charge in [0.05, 0.1) is 0 Å². The average Bonchev–Trinajstić information content (AvgIpc) is 3.18. The minimum Gasteiger partial charge on any atom is -0.376 e. The van der Waals surface area contributed by atoms with E-state index in [1.165, 1.54) is 0 Å². The Hall–Kier alpha value is -2.85. The largest absolute Gasteiger partial charge is 0.376 e. The van der Waals surface area contributed by atoms with Crippen molar-refractivity contribution in [1.29, 1.82) is 0 Å². The lowest BCUT2D eigenvalue weighted by atomic mass is 9.83. The van der Waals surface area contributed by atoms with E-state index in [1.807, 2.05) is 84.6 Å². The van der Waals surface area contributed by atoms with Gasteiger partial charge in [0.2, 0.25) is 5.91 Å². The van der Waals surface area contributed by atoms with Gasteiger partial charge in [-0.25, -0.2) is 0 Å². The molecule has 31 heavy (non-hydrogen) atoms. The van der Waals surface area contributed by atoms with Crippen molar-refractivity contribution in [3.05, 3.63) is 88.1 Å². The molecule has 2 aromatic carbocycles. The van der Waals surface area contributed by atoms with Crippen LogP contribution in [0.4, 0.5) is 5.69 Å². The van der Waals surface area contributed by atoms with Crippen molar-refractivity contribution in [1.82, 2.24) is 4.90 Å². The predicted molar refractivity (Wildman–Crippen MR) is 126 cm³/mol. The third-order valence-corrected chi connectivity index (χ3v) is 6.28. The highest BCUT2D eigenvalue weighted by Gasteiger charge is 2.24. The molecule has 1 fully saturated rings. The van der Waals surface area contributed by atoms with E-state index in [4.69, 9.17) is 11.6 Å². The fourth-order valence-electron chi connectivity index (χ4n) is 4.39. The second kappa shape index (κ2) is 9.11. The minimum absolute atomic E-state index is 0.0883. The molecule has 5 heteroatoms. The van der Waals surface area contributed by atoms with Crippen molar-refractivity contribution in [3.63, 3.8) is 0 Å². The molecule has 0 saturated carbocycles. The highest BCUT2D eigenvalue weighted by Crippen LogP contribution is 2.34. The Morgan fingerprint density at radius 2 is 1.94 bits per heavy atom. The number of nitrogens with zero attached hydrogens (tertiary/aromatic N) is 2. The number of allylic oxidation sites excluding steroid dienone is 2. The molecule has 2 heterocycles. The van der Waals surface area contributed by atoms with Crippen molar-refractivity contribution >= 4 is 29.0 Å². The van der Waals surface area contributed by atoms with Gasteiger partial charge in [-0.15, -0.1) is 0 Å². The Bertz CT molecular complexity index is 1060. The van der Waals surface area contributed by atoms with E-state index in [-0.39, 0.29) is 17.6 Å². The topological polar surface area (TPSA) is 40.6 Å². The van der Waals surface area contributed by atoms with Gasteiger partial charge < -0.3 is 9.80 Å². The Labute approximate surface area is 188 Å². The summed E-state index contributed by atoms with van der Waals surface area (Å²) in [6, 6.07) is 13.9. The van der Waals surface area contributed by atoms with E-state index < -0.39 is 0 Å². The first-order chi connectivity index (χ1) is 14.9. The van der Waals surface area contributed by atoms with E-state index in [1.54, 1.807) is 0 Å². The van der Waals surface area contributed by atoms with Crippen LogP contribution in [-0.4, -0.2) is 36.7 Å². The zero-order chi connectivity index (χ0) is 22.0. The molecule has 1 atom stereocenters. The van der Waals surface area contributed by atoms with Gasteiger partial charge in [-0.1, -0.05) is 42.0 Å². The van der Waals surface area contributed by atoms with Crippen molar-refractivity contribution in [3.8, 4) is 0 Å². The number of likely N-dealkylation sites (N-methyl/N-ethyl adjacent to an activating group) is 1. The Morgan fingerprint density at radius 3 is 2.58 bits per heavy atom. The van der Waals surface area contributed by atoms with E-state index in [0.29, 0.717) is 17.9 Å². The monoisotopic (exact) mass is 434 g/mol. The summed E-state index contributed by atoms with van der Waals surface area (Å²) in [7, 11) is 1.97. The van der Waals surface area contributed by atoms with Crippen LogP contribution in [0.25, 0.3) is 0 Å². The van der Waals surface area contributed by atoms with Gasteiger partial charge in [0.15, 0.2) is 5.78 Å². The van der Waals surface area contributed by atoms with Crippen molar-refractivity contribution in [2.45, 2.75) is 32.1 Å². The number of aryl methyl sites for hydroxylation is 1. The SMILES string of the molecule is Cc1cc(Cl)ccc1C(CC(=O)C1=CN(C)CC=C1)c1ccc(N2CCCC2=O)cc1. The Kier molecular flexibility index (Phi) is 6.28. The van der Waals surface area contributed by atoms with Gasteiger partial charge in [0.1, 0.15) is 0 Å². The molecule has 2 aliphatic heterocycles. The summed E-state index contributed by atoms with van der Waals surface area (Å²) in [5.41, 5.74) is 4.86. The Balaban J connectivity index is 1.66. The predicted octanol–water partition coefficient (Wildman–Crippen LogP) is 5.25. The quantitative estimate of drug-likeness (QED) is 0.623. The maximum absolute atomic E-state index is 13.2. The number of carbonyl (C=O) groups excluding carboxylic acids is 2. The second-order valence-corrected chi connectivity index (χ2v) is 8.78. The molecule has 0 N–H and O–H groups in total. The van der Waals surface area contributed by atoms with Crippen LogP contribution >= 0.6 is 11.6 Å². The molecule has 0 aromatic heterocycles. The van der Waals surface area contributed by atoms with Crippen LogP contribution in [0.1, 0.15) is 41.9 Å². The lowest BCUT2D eigenvalue weighted by Gasteiger charge is -2.23. The zero-order valence-electron chi connectivity index (χ0n) is 18.0. The van der Waals surface area contributed by atoms with Gasteiger partial charge in [-0.3, -0.25) is 9.59 Å². The molecule has 4 rings (SSSR count). The third kappa shape index (κ3) is 4.75. The van der Waals surface area contributed by atoms with Crippen LogP contribution in [0, 0.1) is 6.92 Å². The average molecular weight is 435 g/mol. The molecule has 0 spiro atoms. The summed E-state index contributed by atoms with van der Waals surface area (Å²) in [6.07, 6.45) is 7.72. The molecule has 160 valence electrons. The number of amides is 1. The summed E-state index contributed by atoms with van der Waals surface area (Å²) < 4.78 is 0. The number of anilines is 1. The molecule has 1 saturated heterocycles. The van der Waals surface area contributed by atoms with Crippen LogP contribution in [-0.2, 0) is 9.59 Å². The van der Waals surface area contributed by atoms with Crippen molar-refractivity contribution in [2.24, 2.45) is 0 Å². The van der Waals surface area contributed by atoms with E-state index in [2.05, 4.69) is 0 Å². The lowest BCUT2D eigenvalue weighted by Crippen LogP contribution is -2.23. The maximum Gasteiger partial charge on any atom is 0.227 e. The lowest BCUT2D eigenvalue weighted by molar-refractivity contribution is -0.117. The molecule has 0 aliphatic carbocycles. The number of halogens is 1. The Morgan fingerprint density at radius 1 is 1.16 bits per heavy atom. The first-order valence-corrected chi connectivity index (χ1v) is 11.1. The van der Waals surface area contributed by atoms with Gasteiger partial charge in [-0.05, 0) is 54.3 Å². The zero-order valence-corrected chi connectivity index (χ0v) is 18.7. The fraction of sp³-hybridized carbons (Fsp3) is 0.308. The number of carbonyl (C=O) groups is 2. The highest BCUT2D eigenvalue weighted by atomic mass is 35.5. The number of rotatable bonds is 6. The summed E-state index contributed by atoms with van der Waals surface area (Å²) in [4.78, 5) is 29.1. The maximum atomic E-state index is 13.2. The van der Waals surface area contributed by atoms with Gasteiger partial charge in [0, 0.05) is 61.4 Å². The van der Waals surface area contributed by atoms with Crippen molar-refractivity contribution < 1.29 is 9.59 Å². The van der Waals surface area contributed by atoms with Gasteiger partial charge in [-0.2, -0.15) is 0 Å². The molecule has 2 aliphatic rings. The first kappa shape index (κ1) is 21.4. The van der Waals surface area contributed by atoms with Crippen LogP contribution in [0.2, 0.25) is 5.02 Å². The standard InChI is InChI=1S/C26H27ClN2O2/c1-18-15-21(27)9-12-23(18)24(16-25(30)20-5-3-13-28(2)17-20)19-7-10-22(11-8-19)29-14-4-6-26(29)31/h3,5,7-12,15,17,24H,4,6,13-14,16H2,1-2H3. The normalized spacial score (nSPS) is 17.1. The molecule has 1 amide bonds. The third-order valence-electron chi connectivity index (χ3n) is 6.05. The summed E-state index contributed by atoms with van der Waals surface area (Å²) >= 11 is 6.19. The fourth-order valence-corrected chi connectivity index (χ4v) is 4.62. The smallest absolute Gasteiger partial charge is 0.227 e. The van der Waals surface area contributed by atoms with Crippen LogP contribution in [0.15, 0.2) is 66.4 Å². The first-order valence-electron chi connectivity index (χ1n) is 10.7. The number of benzene rings is 2. The van der Waals surface area contributed by atoms with Crippen molar-refractivity contribution in [2.75, 3.05) is 25.0 Å². The van der Waals surface area contributed by atoms with Gasteiger partial charge in [0.25, 0.3) is 0 Å². The number of hydrogen-bond acceptors (Lipinski definition) is 3. The minimum atomic E-state index is -0.0883. The molecular formula is C26H27ClN2O2. The molecule has 1 unspecified atom stereocenters. The van der Waals surface area contributed by atoms with Gasteiger partial charge >= 0.3 is 0 Å². The molecule has 0 bridgehead atoms. The van der Waals surface area contributed by atoms with E-state index >= 15 is 0 Å². The summed E-state index contributed by atoms with van der Waals surface area (Å²) in [5.74, 6) is 0.198. The molecular weight excluding hydrogens is 408 g/mol. The number of ketones is 1. The molecule has 0 radical (unpaired) electrons. The highest BCUT2D eigenvalue weighted by molar-refractivity contribution is 6.30. The van der Waals surface area contributed by atoms with E-state index in [0.717, 1.165) is 47.5 Å². The molecule has 2 aromatic rings. The second-order valence-electron chi connectivity index (χ2n) is 8.35. The van der Waals surface area contributed by atoms with Crippen LogP contribution in [0.5, 0.6) is 0 Å². The summed E-state index contributed by atoms with van der Waals surface area (Å²) in [5, 5.41) is 0.689. The number of hydrogen-bond donors (Lipinski definition) is 0. The van der Waals surface area contributed by atoms with Crippen LogP contribution < -0.4 is 4.90 Å². The van der Waals surface area contributed by atoms with E-state index in [9.17, 15) is 9.59 Å². The number of Topliss-reactive ketones (excluding diaryl/α,β-unsaturated/α-hetero) is 1. The molecule has 4 nitrogen and oxygen atoms in total. The van der Waals surface area contributed by atoms with Crippen LogP contribution in [0.3, 0.4) is 0 Å².